The summed E-state index contributed by atoms with van der Waals surface area (Å²) in [4.78, 5) is 30.4. The number of nitrogens with one attached hydrogen (secondary N) is 3. The van der Waals surface area contributed by atoms with E-state index in [0.29, 0.717) is 29.1 Å². The molecule has 0 amide bonds. The van der Waals surface area contributed by atoms with Crippen LogP contribution in [-0.2, 0) is 6.54 Å². The maximum Gasteiger partial charge on any atom is 0.252 e. The molecule has 37 heavy (non-hydrogen) atoms. The van der Waals surface area contributed by atoms with E-state index < -0.39 is 0 Å². The number of anilines is 3. The van der Waals surface area contributed by atoms with Crippen LogP contribution in [0.15, 0.2) is 82.7 Å². The van der Waals surface area contributed by atoms with Gasteiger partial charge < -0.3 is 20.4 Å². The van der Waals surface area contributed by atoms with Crippen LogP contribution in [0.4, 0.5) is 17.3 Å². The van der Waals surface area contributed by atoms with Crippen LogP contribution in [0.5, 0.6) is 0 Å². The van der Waals surface area contributed by atoms with Gasteiger partial charge in [0.05, 0.1) is 6.54 Å². The van der Waals surface area contributed by atoms with Gasteiger partial charge in [0.2, 0.25) is 5.95 Å². The van der Waals surface area contributed by atoms with Crippen molar-refractivity contribution in [1.29, 1.82) is 0 Å². The van der Waals surface area contributed by atoms with Crippen molar-refractivity contribution < 1.29 is 4.42 Å². The molecule has 1 fully saturated rings. The molecule has 0 unspecified atom stereocenters. The summed E-state index contributed by atoms with van der Waals surface area (Å²) in [7, 11) is 0. The van der Waals surface area contributed by atoms with Crippen molar-refractivity contribution in [3.05, 3.63) is 89.6 Å². The minimum atomic E-state index is -0.192. The summed E-state index contributed by atoms with van der Waals surface area (Å²) in [6.45, 7) is 2.27. The summed E-state index contributed by atoms with van der Waals surface area (Å²) in [6, 6.07) is 15.5. The monoisotopic (exact) mass is 494 g/mol. The molecule has 1 aromatic carbocycles. The third-order valence-electron chi connectivity index (χ3n) is 6.47. The number of fused-ring (bicyclic) bond motifs is 1. The zero-order valence-electron chi connectivity index (χ0n) is 20.1. The molecule has 10 heteroatoms. The number of hydrogen-bond donors (Lipinski definition) is 3. The van der Waals surface area contributed by atoms with Crippen molar-refractivity contribution >= 4 is 28.4 Å². The molecule has 5 heterocycles. The molecule has 0 bridgehead atoms. The Balaban J connectivity index is 1.25. The molecule has 186 valence electrons. The zero-order valence-corrected chi connectivity index (χ0v) is 20.1. The highest BCUT2D eigenvalue weighted by Gasteiger charge is 2.15. The van der Waals surface area contributed by atoms with Gasteiger partial charge in [-0.05, 0) is 68.4 Å². The fourth-order valence-corrected chi connectivity index (χ4v) is 4.54. The molecule has 0 aliphatic carbocycles. The molecule has 0 radical (unpaired) electrons. The lowest BCUT2D eigenvalue weighted by atomic mass is 10.1. The Morgan fingerprint density at radius 1 is 0.973 bits per heavy atom. The van der Waals surface area contributed by atoms with Crippen LogP contribution in [0.3, 0.4) is 0 Å². The molecular formula is C27H26N8O2. The first-order chi connectivity index (χ1) is 18.2. The molecule has 10 nitrogen and oxygen atoms in total. The Kier molecular flexibility index (Phi) is 6.30. The van der Waals surface area contributed by atoms with E-state index in [1.807, 2.05) is 36.4 Å². The van der Waals surface area contributed by atoms with Gasteiger partial charge in [0.25, 0.3) is 5.56 Å². The van der Waals surface area contributed by atoms with Gasteiger partial charge in [0, 0.05) is 53.0 Å². The van der Waals surface area contributed by atoms with Crippen LogP contribution in [0.1, 0.15) is 18.6 Å². The Labute approximate surface area is 212 Å². The molecule has 3 N–H and O–H groups in total. The number of piperidine rings is 1. The standard InChI is InChI=1S/C27H26N8O2/c36-24-6-1-19-15-30-27(33-21-4-2-20(3-5-21)32-22-9-13-29-14-10-22)34-26(19)35(24)16-23-25(31-17-37-23)18-7-11-28-12-8-18/h1-8,11-12,15,17,22,29,32H,9-10,13-14,16H2,(H,30,33,34). The van der Waals surface area contributed by atoms with Crippen molar-refractivity contribution in [3.63, 3.8) is 0 Å². The Hall–Kier alpha value is -4.57. The van der Waals surface area contributed by atoms with Crippen molar-refractivity contribution in [2.45, 2.75) is 25.4 Å². The number of oxazole rings is 1. The number of rotatable bonds is 7. The lowest BCUT2D eigenvalue weighted by Gasteiger charge is -2.24. The molecule has 0 saturated carbocycles. The van der Waals surface area contributed by atoms with E-state index in [2.05, 4.69) is 35.9 Å². The summed E-state index contributed by atoms with van der Waals surface area (Å²) < 4.78 is 7.23. The SMILES string of the molecule is O=c1ccc2cnc(Nc3ccc(NC4CCNCC4)cc3)nc2n1Cc1ocnc1-c1ccncc1. The maximum absolute atomic E-state index is 12.9. The van der Waals surface area contributed by atoms with Gasteiger partial charge in [-0.25, -0.2) is 9.97 Å². The number of benzene rings is 1. The zero-order chi connectivity index (χ0) is 25.0. The summed E-state index contributed by atoms with van der Waals surface area (Å²) >= 11 is 0. The molecule has 6 rings (SSSR count). The van der Waals surface area contributed by atoms with Crippen molar-refractivity contribution in [2.75, 3.05) is 23.7 Å². The minimum absolute atomic E-state index is 0.182. The second-order valence-corrected chi connectivity index (χ2v) is 8.96. The highest BCUT2D eigenvalue weighted by molar-refractivity contribution is 5.76. The normalized spacial score (nSPS) is 14.1. The van der Waals surface area contributed by atoms with Crippen molar-refractivity contribution in [2.24, 2.45) is 0 Å². The van der Waals surface area contributed by atoms with Crippen LogP contribution in [-0.4, -0.2) is 43.6 Å². The first-order valence-corrected chi connectivity index (χ1v) is 12.3. The van der Waals surface area contributed by atoms with Gasteiger partial charge in [-0.2, -0.15) is 4.98 Å². The first kappa shape index (κ1) is 22.9. The summed E-state index contributed by atoms with van der Waals surface area (Å²) in [5.74, 6) is 0.962. The summed E-state index contributed by atoms with van der Waals surface area (Å²) in [5.41, 5.74) is 3.78. The number of aromatic nitrogens is 5. The third-order valence-corrected chi connectivity index (χ3v) is 6.47. The molecule has 1 aliphatic heterocycles. The summed E-state index contributed by atoms with van der Waals surface area (Å²) in [6.07, 6.45) is 8.71. The van der Waals surface area contributed by atoms with E-state index >= 15 is 0 Å². The second-order valence-electron chi connectivity index (χ2n) is 8.96. The fraction of sp³-hybridized carbons (Fsp3) is 0.222. The first-order valence-electron chi connectivity index (χ1n) is 12.3. The molecule has 1 saturated heterocycles. The summed E-state index contributed by atoms with van der Waals surface area (Å²) in [5, 5.41) is 11.0. The fourth-order valence-electron chi connectivity index (χ4n) is 4.54. The van der Waals surface area contributed by atoms with Crippen molar-refractivity contribution in [3.8, 4) is 11.3 Å². The van der Waals surface area contributed by atoms with E-state index in [0.717, 1.165) is 48.3 Å². The Morgan fingerprint density at radius 3 is 2.57 bits per heavy atom. The minimum Gasteiger partial charge on any atom is -0.446 e. The average molecular weight is 495 g/mol. The van der Waals surface area contributed by atoms with Crippen LogP contribution >= 0.6 is 0 Å². The van der Waals surface area contributed by atoms with E-state index in [1.165, 1.54) is 12.5 Å². The smallest absolute Gasteiger partial charge is 0.252 e. The van der Waals surface area contributed by atoms with Crippen LogP contribution in [0.2, 0.25) is 0 Å². The Morgan fingerprint density at radius 2 is 1.76 bits per heavy atom. The van der Waals surface area contributed by atoms with E-state index in [9.17, 15) is 4.79 Å². The van der Waals surface area contributed by atoms with Gasteiger partial charge >= 0.3 is 0 Å². The van der Waals surface area contributed by atoms with Gasteiger partial charge in [0.1, 0.15) is 11.3 Å². The molecule has 0 atom stereocenters. The highest BCUT2D eigenvalue weighted by Crippen LogP contribution is 2.24. The number of nitrogens with zero attached hydrogens (tertiary/aromatic N) is 5. The molecule has 4 aromatic heterocycles. The van der Waals surface area contributed by atoms with Crippen LogP contribution in [0, 0.1) is 0 Å². The maximum atomic E-state index is 12.9. The van der Waals surface area contributed by atoms with E-state index in [-0.39, 0.29) is 12.1 Å². The van der Waals surface area contributed by atoms with Crippen LogP contribution in [0.25, 0.3) is 22.3 Å². The topological polar surface area (TPSA) is 123 Å². The lowest BCUT2D eigenvalue weighted by molar-refractivity contribution is 0.479. The number of pyridine rings is 2. The average Bonchev–Trinajstić information content (AvgIpc) is 3.41. The largest absolute Gasteiger partial charge is 0.446 e. The van der Waals surface area contributed by atoms with Gasteiger partial charge in [-0.15, -0.1) is 0 Å². The lowest BCUT2D eigenvalue weighted by Crippen LogP contribution is -2.35. The van der Waals surface area contributed by atoms with E-state index in [1.54, 1.807) is 29.2 Å². The van der Waals surface area contributed by atoms with Crippen LogP contribution < -0.4 is 21.5 Å². The quantitative estimate of drug-likeness (QED) is 0.310. The van der Waals surface area contributed by atoms with Crippen molar-refractivity contribution in [1.82, 2.24) is 29.8 Å². The number of hydrogen-bond acceptors (Lipinski definition) is 9. The van der Waals surface area contributed by atoms with E-state index in [4.69, 9.17) is 4.42 Å². The van der Waals surface area contributed by atoms with Gasteiger partial charge in [-0.3, -0.25) is 14.3 Å². The van der Waals surface area contributed by atoms with Gasteiger partial charge in [0.15, 0.2) is 12.2 Å². The molecule has 5 aromatic rings. The molecule has 0 spiro atoms. The second kappa shape index (κ2) is 10.2. The third kappa shape index (κ3) is 5.05. The predicted octanol–water partition coefficient (Wildman–Crippen LogP) is 3.80. The molecule has 1 aliphatic rings. The van der Waals surface area contributed by atoms with Gasteiger partial charge in [-0.1, -0.05) is 0 Å². The Bertz CT molecular complexity index is 1560. The highest BCUT2D eigenvalue weighted by atomic mass is 16.3. The predicted molar refractivity (Wildman–Crippen MR) is 142 cm³/mol. The molecular weight excluding hydrogens is 468 g/mol.